The maximum Gasteiger partial charge on any atom is 0.253 e. The molecule has 25 heavy (non-hydrogen) atoms. The fourth-order valence-corrected chi connectivity index (χ4v) is 3.31. The zero-order valence-corrected chi connectivity index (χ0v) is 15.7. The largest absolute Gasteiger partial charge is 0.396 e. The molecule has 0 atom stereocenters. The van der Waals surface area contributed by atoms with Crippen LogP contribution in [0.4, 0.5) is 0 Å². The fourth-order valence-electron chi connectivity index (χ4n) is 3.31. The van der Waals surface area contributed by atoms with Gasteiger partial charge in [0.2, 0.25) is 0 Å². The summed E-state index contributed by atoms with van der Waals surface area (Å²) >= 11 is 0. The third-order valence-electron chi connectivity index (χ3n) is 4.82. The molecule has 0 aliphatic carbocycles. The molecule has 1 aromatic rings. The number of likely N-dealkylation sites (tertiary alicyclic amines) is 1. The van der Waals surface area contributed by atoms with Crippen LogP contribution in [0.5, 0.6) is 0 Å². The molecule has 0 spiro atoms. The van der Waals surface area contributed by atoms with Crippen molar-refractivity contribution in [3.05, 3.63) is 35.4 Å². The van der Waals surface area contributed by atoms with E-state index in [1.807, 2.05) is 31.2 Å². The number of carbonyl (C=O) groups excluding carboxylic acids is 1. The third-order valence-corrected chi connectivity index (χ3v) is 4.82. The number of aliphatic hydroxyl groups excluding tert-OH is 1. The van der Waals surface area contributed by atoms with Crippen LogP contribution >= 0.6 is 0 Å². The van der Waals surface area contributed by atoms with E-state index in [9.17, 15) is 15.0 Å². The van der Waals surface area contributed by atoms with Crippen molar-refractivity contribution in [3.63, 3.8) is 0 Å². The van der Waals surface area contributed by atoms with Gasteiger partial charge in [-0.25, -0.2) is 0 Å². The number of piperidine rings is 1. The summed E-state index contributed by atoms with van der Waals surface area (Å²) in [7, 11) is 0. The quantitative estimate of drug-likeness (QED) is 0.792. The van der Waals surface area contributed by atoms with Gasteiger partial charge in [-0.3, -0.25) is 9.69 Å². The fraction of sp³-hybridized carbons (Fsp3) is 0.650. The predicted octanol–water partition coefficient (Wildman–Crippen LogP) is 2.12. The summed E-state index contributed by atoms with van der Waals surface area (Å²) in [6.07, 6.45) is 2.10. The maximum atomic E-state index is 12.6. The Bertz CT molecular complexity index is 543. The zero-order valence-electron chi connectivity index (χ0n) is 15.7. The molecule has 0 radical (unpaired) electrons. The van der Waals surface area contributed by atoms with Crippen molar-refractivity contribution < 1.29 is 15.0 Å². The molecule has 1 heterocycles. The molecule has 1 fully saturated rings. The highest BCUT2D eigenvalue weighted by Crippen LogP contribution is 2.19. The van der Waals surface area contributed by atoms with Crippen molar-refractivity contribution in [2.75, 3.05) is 32.8 Å². The monoisotopic (exact) mass is 348 g/mol. The van der Waals surface area contributed by atoms with Crippen LogP contribution in [-0.4, -0.2) is 64.3 Å². The lowest BCUT2D eigenvalue weighted by molar-refractivity contribution is 0.0314. The van der Waals surface area contributed by atoms with E-state index in [-0.39, 0.29) is 5.91 Å². The highest BCUT2D eigenvalue weighted by atomic mass is 16.3. The summed E-state index contributed by atoms with van der Waals surface area (Å²) in [6, 6.07) is 7.79. The first-order valence-corrected chi connectivity index (χ1v) is 9.26. The van der Waals surface area contributed by atoms with Crippen molar-refractivity contribution in [1.29, 1.82) is 0 Å². The van der Waals surface area contributed by atoms with Crippen LogP contribution in [0.1, 0.15) is 49.5 Å². The number of nitrogens with zero attached hydrogens (tertiary/aromatic N) is 2. The summed E-state index contributed by atoms with van der Waals surface area (Å²) in [5.74, 6) is 0.409. The smallest absolute Gasteiger partial charge is 0.253 e. The minimum Gasteiger partial charge on any atom is -0.396 e. The first-order chi connectivity index (χ1) is 11.8. The van der Waals surface area contributed by atoms with Crippen LogP contribution in [0.15, 0.2) is 24.3 Å². The maximum absolute atomic E-state index is 12.6. The van der Waals surface area contributed by atoms with Crippen molar-refractivity contribution >= 4 is 5.91 Å². The number of hydrogen-bond donors (Lipinski definition) is 2. The van der Waals surface area contributed by atoms with E-state index in [0.29, 0.717) is 31.2 Å². The molecular weight excluding hydrogens is 316 g/mol. The Morgan fingerprint density at radius 2 is 1.84 bits per heavy atom. The van der Waals surface area contributed by atoms with Crippen LogP contribution in [-0.2, 0) is 6.54 Å². The van der Waals surface area contributed by atoms with E-state index in [0.717, 1.165) is 32.5 Å². The second-order valence-electron chi connectivity index (χ2n) is 7.73. The molecule has 2 rings (SSSR count). The van der Waals surface area contributed by atoms with E-state index in [2.05, 4.69) is 4.90 Å². The average Bonchev–Trinajstić information content (AvgIpc) is 2.59. The molecule has 0 unspecified atom stereocenters. The van der Waals surface area contributed by atoms with Gasteiger partial charge in [0.15, 0.2) is 0 Å². The first-order valence-electron chi connectivity index (χ1n) is 9.26. The topological polar surface area (TPSA) is 64.0 Å². The van der Waals surface area contributed by atoms with Crippen molar-refractivity contribution in [1.82, 2.24) is 9.80 Å². The summed E-state index contributed by atoms with van der Waals surface area (Å²) in [5.41, 5.74) is 0.963. The molecule has 2 N–H and O–H groups in total. The molecule has 1 saturated heterocycles. The molecule has 0 aromatic heterocycles. The molecule has 1 aromatic carbocycles. The van der Waals surface area contributed by atoms with E-state index >= 15 is 0 Å². The molecular formula is C20H32N2O3. The Balaban J connectivity index is 1.93. The Morgan fingerprint density at radius 1 is 1.24 bits per heavy atom. The number of likely N-dealkylation sites (N-methyl/N-ethyl adjacent to an activating group) is 1. The van der Waals surface area contributed by atoms with Gasteiger partial charge in [0.25, 0.3) is 5.91 Å². The van der Waals surface area contributed by atoms with Gasteiger partial charge in [-0.15, -0.1) is 0 Å². The summed E-state index contributed by atoms with van der Waals surface area (Å²) in [5, 5.41) is 19.2. The molecule has 5 heteroatoms. The Kier molecular flexibility index (Phi) is 6.99. The van der Waals surface area contributed by atoms with Crippen LogP contribution in [0.3, 0.4) is 0 Å². The Hall–Kier alpha value is -1.43. The second kappa shape index (κ2) is 8.79. The van der Waals surface area contributed by atoms with Gasteiger partial charge < -0.3 is 15.1 Å². The highest BCUT2D eigenvalue weighted by Gasteiger charge is 2.22. The molecule has 5 nitrogen and oxygen atoms in total. The number of benzene rings is 1. The van der Waals surface area contributed by atoms with Gasteiger partial charge in [0, 0.05) is 31.8 Å². The molecule has 140 valence electrons. The number of hydrogen-bond acceptors (Lipinski definition) is 4. The Morgan fingerprint density at radius 3 is 2.32 bits per heavy atom. The van der Waals surface area contributed by atoms with E-state index < -0.39 is 5.60 Å². The summed E-state index contributed by atoms with van der Waals surface area (Å²) in [6.45, 7) is 9.46. The minimum absolute atomic E-state index is 0.0417. The normalized spacial score (nSPS) is 16.8. The minimum atomic E-state index is -0.897. The second-order valence-corrected chi connectivity index (χ2v) is 7.73. The lowest BCUT2D eigenvalue weighted by Crippen LogP contribution is -2.42. The lowest BCUT2D eigenvalue weighted by atomic mass is 9.97. The number of aliphatic hydroxyl groups is 2. The van der Waals surface area contributed by atoms with Crippen LogP contribution in [0.25, 0.3) is 0 Å². The van der Waals surface area contributed by atoms with Gasteiger partial charge in [-0.1, -0.05) is 12.1 Å². The molecule has 1 amide bonds. The van der Waals surface area contributed by atoms with Crippen LogP contribution in [0.2, 0.25) is 0 Å². The zero-order chi connectivity index (χ0) is 18.4. The Labute approximate surface area is 151 Å². The van der Waals surface area contributed by atoms with Gasteiger partial charge in [0.05, 0.1) is 5.60 Å². The number of carbonyl (C=O) groups is 1. The average molecular weight is 348 g/mol. The molecule has 1 aliphatic heterocycles. The van der Waals surface area contributed by atoms with Gasteiger partial charge in [-0.2, -0.15) is 0 Å². The van der Waals surface area contributed by atoms with E-state index in [4.69, 9.17) is 0 Å². The van der Waals surface area contributed by atoms with Crippen molar-refractivity contribution in [2.24, 2.45) is 5.92 Å². The van der Waals surface area contributed by atoms with Gasteiger partial charge >= 0.3 is 0 Å². The molecule has 0 bridgehead atoms. The molecule has 1 aliphatic rings. The SMILES string of the molecule is CCN(CC(C)(C)O)C(=O)c1ccc(CN2CCC(CO)CC2)cc1. The van der Waals surface area contributed by atoms with Crippen molar-refractivity contribution in [3.8, 4) is 0 Å². The van der Waals surface area contributed by atoms with E-state index in [1.165, 1.54) is 5.56 Å². The first kappa shape index (κ1) is 19.9. The summed E-state index contributed by atoms with van der Waals surface area (Å²) in [4.78, 5) is 16.7. The lowest BCUT2D eigenvalue weighted by Gasteiger charge is -2.31. The highest BCUT2D eigenvalue weighted by molar-refractivity contribution is 5.94. The van der Waals surface area contributed by atoms with Gasteiger partial charge in [0.1, 0.15) is 0 Å². The van der Waals surface area contributed by atoms with Crippen molar-refractivity contribution in [2.45, 2.75) is 45.8 Å². The summed E-state index contributed by atoms with van der Waals surface area (Å²) < 4.78 is 0. The van der Waals surface area contributed by atoms with E-state index in [1.54, 1.807) is 18.7 Å². The number of amides is 1. The standard InChI is InChI=1S/C20H32N2O3/c1-4-22(15-20(2,3)25)19(24)18-7-5-16(6-8-18)13-21-11-9-17(14-23)10-12-21/h5-8,17,23,25H,4,9-15H2,1-3H3. The number of rotatable bonds is 7. The predicted molar refractivity (Wildman–Crippen MR) is 99.4 cm³/mol. The molecule has 0 saturated carbocycles. The van der Waals surface area contributed by atoms with Crippen LogP contribution < -0.4 is 0 Å². The van der Waals surface area contributed by atoms with Gasteiger partial charge in [-0.05, 0) is 70.3 Å². The van der Waals surface area contributed by atoms with Crippen LogP contribution in [0, 0.1) is 5.92 Å². The third kappa shape index (κ3) is 6.10.